The first kappa shape index (κ1) is 13.6. The molecule has 0 saturated heterocycles. The van der Waals surface area contributed by atoms with Crippen LogP contribution < -0.4 is 10.2 Å². The summed E-state index contributed by atoms with van der Waals surface area (Å²) in [6.45, 7) is 10.3. The smallest absolute Gasteiger partial charge is 0.226 e. The maximum atomic E-state index is 4.64. The van der Waals surface area contributed by atoms with Crippen molar-refractivity contribution in [1.29, 1.82) is 0 Å². The van der Waals surface area contributed by atoms with Crippen LogP contribution in [0.5, 0.6) is 0 Å². The lowest BCUT2D eigenvalue weighted by Crippen LogP contribution is -2.32. The number of imidazole rings is 1. The SMILES string of the molecule is CCCN(c1nc(NCC)nc2nc[nH]c12)C(C)C. The fraction of sp³-hybridized carbons (Fsp3) is 0.615. The van der Waals surface area contributed by atoms with Crippen molar-refractivity contribution in [3.05, 3.63) is 6.33 Å². The zero-order chi connectivity index (χ0) is 13.8. The normalized spacial score (nSPS) is 11.2. The van der Waals surface area contributed by atoms with Crippen molar-refractivity contribution < 1.29 is 0 Å². The third kappa shape index (κ3) is 2.77. The fourth-order valence-electron chi connectivity index (χ4n) is 2.11. The molecule has 0 radical (unpaired) electrons. The standard InChI is InChI=1S/C13H22N6/c1-5-7-19(9(3)4)12-10-11(16-8-15-10)17-13(18-12)14-6-2/h8-9H,5-7H2,1-4H3,(H2,14,15,16,17,18). The van der Waals surface area contributed by atoms with Gasteiger partial charge in [0.15, 0.2) is 11.5 Å². The molecule has 2 heterocycles. The molecule has 0 bridgehead atoms. The van der Waals surface area contributed by atoms with E-state index in [1.54, 1.807) is 6.33 Å². The molecular weight excluding hydrogens is 240 g/mol. The van der Waals surface area contributed by atoms with Gasteiger partial charge in [0.05, 0.1) is 6.33 Å². The van der Waals surface area contributed by atoms with Gasteiger partial charge in [0.25, 0.3) is 0 Å². The molecule has 0 aliphatic carbocycles. The van der Waals surface area contributed by atoms with Crippen LogP contribution >= 0.6 is 0 Å². The molecule has 0 aliphatic rings. The summed E-state index contributed by atoms with van der Waals surface area (Å²) in [6.07, 6.45) is 2.75. The highest BCUT2D eigenvalue weighted by Crippen LogP contribution is 2.24. The number of H-pyrrole nitrogens is 1. The van der Waals surface area contributed by atoms with Crippen LogP contribution in [0.4, 0.5) is 11.8 Å². The summed E-state index contributed by atoms with van der Waals surface area (Å²) in [6, 6.07) is 0.385. The van der Waals surface area contributed by atoms with Gasteiger partial charge in [-0.3, -0.25) is 0 Å². The van der Waals surface area contributed by atoms with Gasteiger partial charge in [0, 0.05) is 19.1 Å². The minimum absolute atomic E-state index is 0.385. The number of nitrogens with one attached hydrogen (secondary N) is 2. The summed E-state index contributed by atoms with van der Waals surface area (Å²) in [7, 11) is 0. The lowest BCUT2D eigenvalue weighted by atomic mass is 10.2. The predicted molar refractivity (Wildman–Crippen MR) is 78.6 cm³/mol. The third-order valence-electron chi connectivity index (χ3n) is 2.96. The first-order valence-corrected chi connectivity index (χ1v) is 6.89. The number of hydrogen-bond acceptors (Lipinski definition) is 5. The molecule has 19 heavy (non-hydrogen) atoms. The Balaban J connectivity index is 2.51. The van der Waals surface area contributed by atoms with Crippen molar-refractivity contribution in [2.45, 2.75) is 40.2 Å². The average Bonchev–Trinajstić information content (AvgIpc) is 2.83. The Hall–Kier alpha value is -1.85. The van der Waals surface area contributed by atoms with Crippen LogP contribution in [0.1, 0.15) is 34.1 Å². The molecule has 0 spiro atoms. The largest absolute Gasteiger partial charge is 0.354 e. The minimum atomic E-state index is 0.385. The van der Waals surface area contributed by atoms with Crippen LogP contribution in [0.2, 0.25) is 0 Å². The van der Waals surface area contributed by atoms with Crippen LogP contribution in [0.3, 0.4) is 0 Å². The summed E-state index contributed by atoms with van der Waals surface area (Å²) < 4.78 is 0. The maximum Gasteiger partial charge on any atom is 0.226 e. The second-order valence-electron chi connectivity index (χ2n) is 4.79. The maximum absolute atomic E-state index is 4.64. The molecule has 0 atom stereocenters. The van der Waals surface area contributed by atoms with Crippen LogP contribution in [0, 0.1) is 0 Å². The highest BCUT2D eigenvalue weighted by Gasteiger charge is 2.17. The fourth-order valence-corrected chi connectivity index (χ4v) is 2.11. The van der Waals surface area contributed by atoms with Crippen molar-refractivity contribution in [3.63, 3.8) is 0 Å². The van der Waals surface area contributed by atoms with E-state index >= 15 is 0 Å². The quantitative estimate of drug-likeness (QED) is 0.836. The summed E-state index contributed by atoms with van der Waals surface area (Å²) in [5, 5.41) is 3.16. The van der Waals surface area contributed by atoms with Gasteiger partial charge in [-0.1, -0.05) is 6.92 Å². The van der Waals surface area contributed by atoms with E-state index in [4.69, 9.17) is 0 Å². The van der Waals surface area contributed by atoms with Crippen molar-refractivity contribution in [2.75, 3.05) is 23.3 Å². The molecule has 6 nitrogen and oxygen atoms in total. The zero-order valence-electron chi connectivity index (χ0n) is 12.1. The van der Waals surface area contributed by atoms with Crippen molar-refractivity contribution in [1.82, 2.24) is 19.9 Å². The number of hydrogen-bond donors (Lipinski definition) is 2. The van der Waals surface area contributed by atoms with Crippen molar-refractivity contribution in [3.8, 4) is 0 Å². The molecule has 0 aliphatic heterocycles. The second kappa shape index (κ2) is 5.86. The van der Waals surface area contributed by atoms with Crippen LogP contribution in [0.25, 0.3) is 11.2 Å². The number of fused-ring (bicyclic) bond motifs is 1. The number of nitrogens with zero attached hydrogens (tertiary/aromatic N) is 4. The van der Waals surface area contributed by atoms with Gasteiger partial charge in [-0.05, 0) is 27.2 Å². The van der Waals surface area contributed by atoms with E-state index in [9.17, 15) is 0 Å². The van der Waals surface area contributed by atoms with Crippen molar-refractivity contribution >= 4 is 22.9 Å². The van der Waals surface area contributed by atoms with Crippen LogP contribution in [0.15, 0.2) is 6.33 Å². The molecule has 2 aromatic heterocycles. The highest BCUT2D eigenvalue weighted by atomic mass is 15.3. The summed E-state index contributed by atoms with van der Waals surface area (Å²) in [5.41, 5.74) is 1.62. The molecule has 2 aromatic rings. The van der Waals surface area contributed by atoms with Gasteiger partial charge < -0.3 is 15.2 Å². The van der Waals surface area contributed by atoms with E-state index in [-0.39, 0.29) is 0 Å². The van der Waals surface area contributed by atoms with Gasteiger partial charge >= 0.3 is 0 Å². The molecule has 2 rings (SSSR count). The molecule has 2 N–H and O–H groups in total. The van der Waals surface area contributed by atoms with E-state index in [0.29, 0.717) is 17.6 Å². The second-order valence-corrected chi connectivity index (χ2v) is 4.79. The van der Waals surface area contributed by atoms with Gasteiger partial charge in [-0.2, -0.15) is 9.97 Å². The number of aromatic nitrogens is 4. The third-order valence-corrected chi connectivity index (χ3v) is 2.96. The average molecular weight is 262 g/mol. The van der Waals surface area contributed by atoms with E-state index in [2.05, 4.69) is 50.9 Å². The lowest BCUT2D eigenvalue weighted by Gasteiger charge is -2.27. The van der Waals surface area contributed by atoms with E-state index in [1.807, 2.05) is 6.92 Å². The van der Waals surface area contributed by atoms with E-state index in [0.717, 1.165) is 30.8 Å². The number of rotatable bonds is 6. The molecule has 104 valence electrons. The Kier molecular flexibility index (Phi) is 4.19. The van der Waals surface area contributed by atoms with Gasteiger partial charge in [-0.25, -0.2) is 4.98 Å². The summed E-state index contributed by atoms with van der Waals surface area (Å²) >= 11 is 0. The topological polar surface area (TPSA) is 69.7 Å². The Morgan fingerprint density at radius 2 is 2.11 bits per heavy atom. The molecule has 0 aromatic carbocycles. The molecule has 0 fully saturated rings. The lowest BCUT2D eigenvalue weighted by molar-refractivity contribution is 0.664. The Bertz CT molecular complexity index is 533. The Morgan fingerprint density at radius 1 is 1.32 bits per heavy atom. The number of aromatic amines is 1. The zero-order valence-corrected chi connectivity index (χ0v) is 12.1. The summed E-state index contributed by atoms with van der Waals surface area (Å²) in [4.78, 5) is 18.7. The van der Waals surface area contributed by atoms with Crippen molar-refractivity contribution in [2.24, 2.45) is 0 Å². The molecule has 0 saturated carbocycles. The monoisotopic (exact) mass is 262 g/mol. The molecule has 0 unspecified atom stereocenters. The highest BCUT2D eigenvalue weighted by molar-refractivity contribution is 5.84. The predicted octanol–water partition coefficient (Wildman–Crippen LogP) is 2.41. The van der Waals surface area contributed by atoms with Gasteiger partial charge in [0.1, 0.15) is 5.52 Å². The Morgan fingerprint density at radius 3 is 2.74 bits per heavy atom. The van der Waals surface area contributed by atoms with Gasteiger partial charge in [0.2, 0.25) is 5.95 Å². The molecular formula is C13H22N6. The molecule has 6 heteroatoms. The Labute approximate surface area is 113 Å². The summed E-state index contributed by atoms with van der Waals surface area (Å²) in [5.74, 6) is 1.56. The minimum Gasteiger partial charge on any atom is -0.354 e. The van der Waals surface area contributed by atoms with E-state index < -0.39 is 0 Å². The van der Waals surface area contributed by atoms with Crippen LogP contribution in [-0.2, 0) is 0 Å². The first-order valence-electron chi connectivity index (χ1n) is 6.89. The first-order chi connectivity index (χ1) is 9.17. The van der Waals surface area contributed by atoms with Gasteiger partial charge in [-0.15, -0.1) is 0 Å². The van der Waals surface area contributed by atoms with Crippen LogP contribution in [-0.4, -0.2) is 39.1 Å². The number of anilines is 2. The molecule has 0 amide bonds. The van der Waals surface area contributed by atoms with E-state index in [1.165, 1.54) is 0 Å².